The van der Waals surface area contributed by atoms with Crippen LogP contribution >= 0.6 is 11.6 Å². The van der Waals surface area contributed by atoms with Crippen molar-refractivity contribution >= 4 is 23.3 Å². The Morgan fingerprint density at radius 2 is 2.27 bits per heavy atom. The van der Waals surface area contributed by atoms with Crippen LogP contribution in [0.15, 0.2) is 36.7 Å². The number of halogens is 1. The average Bonchev–Trinajstić information content (AvgIpc) is 3.16. The van der Waals surface area contributed by atoms with Crippen molar-refractivity contribution in [3.63, 3.8) is 0 Å². The quantitative estimate of drug-likeness (QED) is 0.913. The highest BCUT2D eigenvalue weighted by Crippen LogP contribution is 2.22. The maximum absolute atomic E-state index is 12.2. The minimum Gasteiger partial charge on any atom is -0.394 e. The number of nitrogens with one attached hydrogen (secondary N) is 1. The van der Waals surface area contributed by atoms with E-state index in [-0.39, 0.29) is 18.7 Å². The topological polar surface area (TPSA) is 70.4 Å². The lowest BCUT2D eigenvalue weighted by molar-refractivity contribution is 0.166. The van der Waals surface area contributed by atoms with Gasteiger partial charge in [-0.15, -0.1) is 0 Å². The van der Waals surface area contributed by atoms with Gasteiger partial charge in [0.1, 0.15) is 0 Å². The van der Waals surface area contributed by atoms with Crippen LogP contribution in [0.4, 0.5) is 10.5 Å². The third-order valence-corrected chi connectivity index (χ3v) is 4.10. The molecule has 1 aliphatic heterocycles. The molecule has 6 nitrogen and oxygen atoms in total. The monoisotopic (exact) mass is 320 g/mol. The van der Waals surface area contributed by atoms with Crippen molar-refractivity contribution in [1.82, 2.24) is 14.7 Å². The maximum atomic E-state index is 12.2. The fourth-order valence-electron chi connectivity index (χ4n) is 2.64. The summed E-state index contributed by atoms with van der Waals surface area (Å²) in [6.07, 6.45) is 5.04. The number of hydrogen-bond donors (Lipinski definition) is 2. The number of amides is 2. The lowest BCUT2D eigenvalue weighted by atomic mass is 10.2. The molecule has 2 aromatic rings. The van der Waals surface area contributed by atoms with Crippen molar-refractivity contribution in [2.45, 2.75) is 18.9 Å². The van der Waals surface area contributed by atoms with Gasteiger partial charge in [0.05, 0.1) is 41.4 Å². The number of nitrogens with zero attached hydrogens (tertiary/aromatic N) is 3. The molecule has 1 unspecified atom stereocenters. The number of hydrogen-bond acceptors (Lipinski definition) is 3. The number of benzene rings is 1. The summed E-state index contributed by atoms with van der Waals surface area (Å²) in [6, 6.07) is 7.04. The first-order valence-corrected chi connectivity index (χ1v) is 7.55. The summed E-state index contributed by atoms with van der Waals surface area (Å²) in [5, 5.41) is 16.9. The van der Waals surface area contributed by atoms with Crippen LogP contribution in [0, 0.1) is 0 Å². The van der Waals surface area contributed by atoms with Crippen LogP contribution in [0.25, 0.3) is 5.69 Å². The number of aliphatic hydroxyl groups excluding tert-OH is 1. The Balaban J connectivity index is 1.72. The van der Waals surface area contributed by atoms with E-state index in [0.29, 0.717) is 17.3 Å². The molecule has 0 bridgehead atoms. The molecule has 0 radical (unpaired) electrons. The number of urea groups is 1. The molecular formula is C15H17ClN4O2. The van der Waals surface area contributed by atoms with Gasteiger partial charge >= 0.3 is 6.03 Å². The van der Waals surface area contributed by atoms with Crippen molar-refractivity contribution in [1.29, 1.82) is 0 Å². The molecule has 7 heteroatoms. The van der Waals surface area contributed by atoms with E-state index in [2.05, 4.69) is 10.4 Å². The molecule has 2 amide bonds. The molecular weight excluding hydrogens is 304 g/mol. The number of rotatable bonds is 3. The second-order valence-electron chi connectivity index (χ2n) is 5.23. The van der Waals surface area contributed by atoms with Gasteiger partial charge < -0.3 is 15.3 Å². The fraction of sp³-hybridized carbons (Fsp3) is 0.333. The van der Waals surface area contributed by atoms with Crippen LogP contribution in [0.2, 0.25) is 5.02 Å². The van der Waals surface area contributed by atoms with Gasteiger partial charge in [-0.05, 0) is 25.0 Å². The normalized spacial score (nSPS) is 17.7. The summed E-state index contributed by atoms with van der Waals surface area (Å²) >= 11 is 6.13. The summed E-state index contributed by atoms with van der Waals surface area (Å²) in [5.74, 6) is 0. The highest BCUT2D eigenvalue weighted by molar-refractivity contribution is 6.32. The van der Waals surface area contributed by atoms with Crippen LogP contribution in [0.1, 0.15) is 12.8 Å². The number of aliphatic hydroxyl groups is 1. The van der Waals surface area contributed by atoms with Gasteiger partial charge in [-0.1, -0.05) is 23.7 Å². The molecule has 1 fully saturated rings. The van der Waals surface area contributed by atoms with Crippen molar-refractivity contribution < 1.29 is 9.90 Å². The first-order valence-electron chi connectivity index (χ1n) is 7.17. The van der Waals surface area contributed by atoms with Gasteiger partial charge in [0.15, 0.2) is 0 Å². The number of carbonyl (C=O) groups excluding carboxylic acids is 1. The molecule has 1 aliphatic rings. The van der Waals surface area contributed by atoms with Crippen LogP contribution in [0.3, 0.4) is 0 Å². The fourth-order valence-corrected chi connectivity index (χ4v) is 2.87. The first kappa shape index (κ1) is 14.9. The second kappa shape index (κ2) is 6.37. The summed E-state index contributed by atoms with van der Waals surface area (Å²) in [4.78, 5) is 13.9. The van der Waals surface area contributed by atoms with Gasteiger partial charge in [-0.2, -0.15) is 5.10 Å². The molecule has 2 N–H and O–H groups in total. The van der Waals surface area contributed by atoms with Gasteiger partial charge in [0, 0.05) is 6.54 Å². The number of likely N-dealkylation sites (tertiary alicyclic amines) is 1. The van der Waals surface area contributed by atoms with Gasteiger partial charge in [0.2, 0.25) is 0 Å². The van der Waals surface area contributed by atoms with E-state index in [1.807, 2.05) is 18.2 Å². The number of aromatic nitrogens is 2. The zero-order chi connectivity index (χ0) is 15.5. The van der Waals surface area contributed by atoms with E-state index in [0.717, 1.165) is 18.5 Å². The van der Waals surface area contributed by atoms with Gasteiger partial charge in [-0.25, -0.2) is 9.48 Å². The molecule has 0 spiro atoms. The summed E-state index contributed by atoms with van der Waals surface area (Å²) < 4.78 is 1.62. The number of anilines is 1. The lowest BCUT2D eigenvalue weighted by Crippen LogP contribution is -2.40. The standard InChI is InChI=1S/C15H17ClN4O2/c16-13-5-1-2-6-14(13)20-9-11(8-17-20)18-15(22)19-7-3-4-12(19)10-21/h1-2,5-6,8-9,12,21H,3-4,7,10H2,(H,18,22). The SMILES string of the molecule is O=C(Nc1cnn(-c2ccccc2Cl)c1)N1CCCC1CO. The molecule has 1 saturated heterocycles. The molecule has 22 heavy (non-hydrogen) atoms. The molecule has 1 atom stereocenters. The van der Waals surface area contributed by atoms with Crippen LogP contribution in [-0.4, -0.2) is 45.0 Å². The Kier molecular flexibility index (Phi) is 4.31. The molecule has 1 aromatic carbocycles. The Morgan fingerprint density at radius 1 is 1.45 bits per heavy atom. The van der Waals surface area contributed by atoms with Gasteiger partial charge in [-0.3, -0.25) is 0 Å². The maximum Gasteiger partial charge on any atom is 0.322 e. The van der Waals surface area contributed by atoms with E-state index >= 15 is 0 Å². The van der Waals surface area contributed by atoms with Crippen LogP contribution in [0.5, 0.6) is 0 Å². The summed E-state index contributed by atoms with van der Waals surface area (Å²) in [6.45, 7) is 0.655. The molecule has 3 rings (SSSR count). The van der Waals surface area contributed by atoms with Crippen molar-refractivity contribution in [2.24, 2.45) is 0 Å². The Labute approximate surface area is 133 Å². The Hall–Kier alpha value is -2.05. The Morgan fingerprint density at radius 3 is 3.05 bits per heavy atom. The smallest absolute Gasteiger partial charge is 0.322 e. The number of para-hydroxylation sites is 1. The predicted octanol–water partition coefficient (Wildman–Crippen LogP) is 2.51. The highest BCUT2D eigenvalue weighted by atomic mass is 35.5. The molecule has 2 heterocycles. The van der Waals surface area contributed by atoms with Crippen LogP contribution in [-0.2, 0) is 0 Å². The molecule has 116 valence electrons. The lowest BCUT2D eigenvalue weighted by Gasteiger charge is -2.22. The van der Waals surface area contributed by atoms with Gasteiger partial charge in [0.25, 0.3) is 0 Å². The third kappa shape index (κ3) is 2.93. The van der Waals surface area contributed by atoms with E-state index in [1.165, 1.54) is 0 Å². The van der Waals surface area contributed by atoms with Crippen molar-refractivity contribution in [3.05, 3.63) is 41.7 Å². The summed E-state index contributed by atoms with van der Waals surface area (Å²) in [5.41, 5.74) is 1.34. The predicted molar refractivity (Wildman–Crippen MR) is 84.4 cm³/mol. The second-order valence-corrected chi connectivity index (χ2v) is 5.63. The molecule has 0 saturated carbocycles. The largest absolute Gasteiger partial charge is 0.394 e. The van der Waals surface area contributed by atoms with E-state index < -0.39 is 0 Å². The minimum atomic E-state index is -0.213. The third-order valence-electron chi connectivity index (χ3n) is 3.78. The molecule has 0 aliphatic carbocycles. The summed E-state index contributed by atoms with van der Waals surface area (Å²) in [7, 11) is 0. The zero-order valence-electron chi connectivity index (χ0n) is 11.9. The average molecular weight is 321 g/mol. The Bertz CT molecular complexity index is 673. The van der Waals surface area contributed by atoms with Crippen molar-refractivity contribution in [3.8, 4) is 5.69 Å². The van der Waals surface area contributed by atoms with E-state index in [9.17, 15) is 9.90 Å². The van der Waals surface area contributed by atoms with E-state index in [4.69, 9.17) is 11.6 Å². The van der Waals surface area contributed by atoms with Crippen molar-refractivity contribution in [2.75, 3.05) is 18.5 Å². The van der Waals surface area contributed by atoms with E-state index in [1.54, 1.807) is 28.0 Å². The zero-order valence-corrected chi connectivity index (χ0v) is 12.7. The highest BCUT2D eigenvalue weighted by Gasteiger charge is 2.28. The van der Waals surface area contributed by atoms with Crippen LogP contribution < -0.4 is 5.32 Å². The first-order chi connectivity index (χ1) is 10.7. The number of carbonyl (C=O) groups is 1. The minimum absolute atomic E-state index is 0.00763. The molecule has 1 aromatic heterocycles.